The van der Waals surface area contributed by atoms with E-state index < -0.39 is 12.0 Å². The molecule has 0 heterocycles. The molecule has 0 fully saturated rings. The van der Waals surface area contributed by atoms with Crippen LogP contribution in [0.2, 0.25) is 0 Å². The maximum atomic E-state index is 10.3. The summed E-state index contributed by atoms with van der Waals surface area (Å²) in [5.41, 5.74) is 10.8. The van der Waals surface area contributed by atoms with Gasteiger partial charge >= 0.3 is 5.97 Å². The highest BCUT2D eigenvalue weighted by molar-refractivity contribution is 5.85. The molecule has 0 rings (SSSR count). The van der Waals surface area contributed by atoms with Crippen molar-refractivity contribution in [2.45, 2.75) is 25.3 Å². The van der Waals surface area contributed by atoms with Crippen LogP contribution in [0.3, 0.4) is 0 Å². The zero-order valence-electron chi connectivity index (χ0n) is 8.56. The van der Waals surface area contributed by atoms with Crippen LogP contribution in [0, 0.1) is 0 Å². The zero-order chi connectivity index (χ0) is 11.0. The molecule has 0 unspecified atom stereocenters. The van der Waals surface area contributed by atoms with E-state index in [0.717, 1.165) is 0 Å². The van der Waals surface area contributed by atoms with E-state index in [1.54, 1.807) is 6.08 Å². The van der Waals surface area contributed by atoms with Crippen molar-refractivity contribution in [2.75, 3.05) is 6.54 Å². The van der Waals surface area contributed by atoms with E-state index in [9.17, 15) is 4.79 Å². The van der Waals surface area contributed by atoms with Gasteiger partial charge in [-0.2, -0.15) is 0 Å². The minimum atomic E-state index is -0.979. The van der Waals surface area contributed by atoms with Gasteiger partial charge in [0.1, 0.15) is 6.04 Å². The highest BCUT2D eigenvalue weighted by atomic mass is 35.5. The third kappa shape index (κ3) is 9.24. The molecule has 0 aliphatic carbocycles. The molecule has 5 nitrogen and oxygen atoms in total. The van der Waals surface area contributed by atoms with Gasteiger partial charge in [-0.25, -0.2) is 0 Å². The lowest BCUT2D eigenvalue weighted by Crippen LogP contribution is -2.30. The van der Waals surface area contributed by atoms with Gasteiger partial charge < -0.3 is 16.6 Å². The smallest absolute Gasteiger partial charge is 0.320 e. The second-order valence-corrected chi connectivity index (χ2v) is 2.95. The molecular formula is C9H18ClN3O2. The van der Waals surface area contributed by atoms with E-state index in [-0.39, 0.29) is 12.4 Å². The van der Waals surface area contributed by atoms with Crippen molar-refractivity contribution < 1.29 is 9.90 Å². The Morgan fingerprint density at radius 3 is 2.67 bits per heavy atom. The number of hydrogen-bond donors (Lipinski definition) is 3. The molecule has 5 N–H and O–H groups in total. The Morgan fingerprint density at radius 1 is 1.60 bits per heavy atom. The molecule has 88 valence electrons. The number of carbonyl (C=O) groups is 1. The first-order chi connectivity index (χ1) is 6.57. The first-order valence-corrected chi connectivity index (χ1v) is 4.46. The number of aliphatic carboxylic acids is 1. The lowest BCUT2D eigenvalue weighted by molar-refractivity contribution is -0.138. The molecule has 0 aliphatic heterocycles. The van der Waals surface area contributed by atoms with Gasteiger partial charge in [0.25, 0.3) is 0 Å². The number of aliphatic imine (C=N–C) groups is 1. The molecule has 0 bridgehead atoms. The van der Waals surface area contributed by atoms with Gasteiger partial charge in [-0.1, -0.05) is 6.08 Å². The fraction of sp³-hybridized carbons (Fsp3) is 0.556. The number of carboxylic acids is 1. The van der Waals surface area contributed by atoms with Crippen molar-refractivity contribution in [3.63, 3.8) is 0 Å². The Morgan fingerprint density at radius 2 is 2.20 bits per heavy atom. The van der Waals surface area contributed by atoms with E-state index in [4.69, 9.17) is 16.6 Å². The van der Waals surface area contributed by atoms with Gasteiger partial charge in [0.2, 0.25) is 0 Å². The van der Waals surface area contributed by atoms with Crippen LogP contribution in [-0.2, 0) is 4.79 Å². The summed E-state index contributed by atoms with van der Waals surface area (Å²) >= 11 is 0. The van der Waals surface area contributed by atoms with Crippen LogP contribution in [-0.4, -0.2) is 29.5 Å². The van der Waals surface area contributed by atoms with Crippen molar-refractivity contribution in [3.05, 3.63) is 12.7 Å². The van der Waals surface area contributed by atoms with Gasteiger partial charge in [0.15, 0.2) is 0 Å². The number of hydrogen-bond acceptors (Lipinski definition) is 3. The molecule has 0 saturated heterocycles. The van der Waals surface area contributed by atoms with Crippen LogP contribution in [0.4, 0.5) is 0 Å². The highest BCUT2D eigenvalue weighted by Gasteiger charge is 2.09. The molecule has 0 aromatic heterocycles. The molecule has 1 atom stereocenters. The zero-order valence-corrected chi connectivity index (χ0v) is 9.37. The summed E-state index contributed by atoms with van der Waals surface area (Å²) in [5.74, 6) is -0.461. The number of amidine groups is 1. The van der Waals surface area contributed by atoms with Crippen molar-refractivity contribution in [3.8, 4) is 0 Å². The van der Waals surface area contributed by atoms with Crippen LogP contribution < -0.4 is 11.5 Å². The minimum absolute atomic E-state index is 0. The molecule has 0 spiro atoms. The fourth-order valence-corrected chi connectivity index (χ4v) is 0.870. The average molecular weight is 236 g/mol. The SMILES string of the molecule is C=CCC(N)=NCCC[C@H](N)C(=O)O.Cl. The summed E-state index contributed by atoms with van der Waals surface area (Å²) in [5, 5.41) is 8.48. The van der Waals surface area contributed by atoms with Crippen LogP contribution >= 0.6 is 12.4 Å². The Bertz CT molecular complexity index is 231. The molecular weight excluding hydrogens is 218 g/mol. The van der Waals surface area contributed by atoms with E-state index in [1.165, 1.54) is 0 Å². The molecule has 0 radical (unpaired) electrons. The maximum absolute atomic E-state index is 10.3. The summed E-state index contributed by atoms with van der Waals surface area (Å²) < 4.78 is 0. The average Bonchev–Trinajstić information content (AvgIpc) is 2.12. The lowest BCUT2D eigenvalue weighted by Gasteiger charge is -2.03. The van der Waals surface area contributed by atoms with Crippen molar-refractivity contribution in [1.29, 1.82) is 0 Å². The van der Waals surface area contributed by atoms with Gasteiger partial charge in [-0.05, 0) is 12.8 Å². The third-order valence-electron chi connectivity index (χ3n) is 1.66. The summed E-state index contributed by atoms with van der Waals surface area (Å²) in [6.07, 6.45) is 3.28. The summed E-state index contributed by atoms with van der Waals surface area (Å²) in [7, 11) is 0. The molecule has 0 aliphatic rings. The third-order valence-corrected chi connectivity index (χ3v) is 1.66. The van der Waals surface area contributed by atoms with Crippen LogP contribution in [0.25, 0.3) is 0 Å². The topological polar surface area (TPSA) is 102 Å². The van der Waals surface area contributed by atoms with E-state index in [2.05, 4.69) is 11.6 Å². The standard InChI is InChI=1S/C9H17N3O2.ClH/c1-2-4-8(11)12-6-3-5-7(10)9(13)14;/h2,7H,1,3-6,10H2,(H2,11,12)(H,13,14);1H/t7-;/m0./s1. The minimum Gasteiger partial charge on any atom is -0.480 e. The predicted octanol–water partition coefficient (Wildman–Crippen LogP) is 0.534. The van der Waals surface area contributed by atoms with Gasteiger partial charge in [0.05, 0.1) is 5.84 Å². The lowest BCUT2D eigenvalue weighted by atomic mass is 10.2. The molecule has 0 aromatic carbocycles. The fourth-order valence-electron chi connectivity index (χ4n) is 0.870. The molecule has 15 heavy (non-hydrogen) atoms. The van der Waals surface area contributed by atoms with Crippen molar-refractivity contribution in [2.24, 2.45) is 16.5 Å². The van der Waals surface area contributed by atoms with Crippen LogP contribution in [0.15, 0.2) is 17.6 Å². The normalized spacial score (nSPS) is 12.7. The van der Waals surface area contributed by atoms with Crippen molar-refractivity contribution >= 4 is 24.2 Å². The summed E-state index contributed by atoms with van der Waals surface area (Å²) in [6, 6.07) is -0.800. The van der Waals surface area contributed by atoms with Crippen LogP contribution in [0.5, 0.6) is 0 Å². The van der Waals surface area contributed by atoms with E-state index >= 15 is 0 Å². The molecule has 6 heteroatoms. The predicted molar refractivity (Wildman–Crippen MR) is 63.4 cm³/mol. The highest BCUT2D eigenvalue weighted by Crippen LogP contribution is 1.95. The van der Waals surface area contributed by atoms with Gasteiger partial charge in [0, 0.05) is 13.0 Å². The summed E-state index contributed by atoms with van der Waals surface area (Å²) in [6.45, 7) is 4.04. The number of nitrogens with two attached hydrogens (primary N) is 2. The Kier molecular flexibility index (Phi) is 10.3. The number of halogens is 1. The Hall–Kier alpha value is -1.07. The Balaban J connectivity index is 0. The summed E-state index contributed by atoms with van der Waals surface area (Å²) in [4.78, 5) is 14.4. The maximum Gasteiger partial charge on any atom is 0.320 e. The second-order valence-electron chi connectivity index (χ2n) is 2.95. The first-order valence-electron chi connectivity index (χ1n) is 4.46. The van der Waals surface area contributed by atoms with Crippen molar-refractivity contribution in [1.82, 2.24) is 0 Å². The van der Waals surface area contributed by atoms with Gasteiger partial charge in [-0.15, -0.1) is 19.0 Å². The molecule has 0 amide bonds. The number of rotatable bonds is 7. The van der Waals surface area contributed by atoms with Crippen LogP contribution in [0.1, 0.15) is 19.3 Å². The first kappa shape index (κ1) is 16.4. The van der Waals surface area contributed by atoms with E-state index in [0.29, 0.717) is 31.6 Å². The largest absolute Gasteiger partial charge is 0.480 e. The van der Waals surface area contributed by atoms with E-state index in [1.807, 2.05) is 0 Å². The quantitative estimate of drug-likeness (QED) is 0.259. The Labute approximate surface area is 95.7 Å². The number of carboxylic acid groups (broad SMARTS) is 1. The number of nitrogens with zero attached hydrogens (tertiary/aromatic N) is 1. The van der Waals surface area contributed by atoms with Gasteiger partial charge in [-0.3, -0.25) is 9.79 Å². The monoisotopic (exact) mass is 235 g/mol. The molecule has 0 aromatic rings. The molecule has 0 saturated carbocycles. The second kappa shape index (κ2) is 9.48.